The summed E-state index contributed by atoms with van der Waals surface area (Å²) in [6.45, 7) is 8.32. The first-order valence-corrected chi connectivity index (χ1v) is 5.48. The summed E-state index contributed by atoms with van der Waals surface area (Å²) in [5.41, 5.74) is 0.435. The van der Waals surface area contributed by atoms with E-state index in [9.17, 15) is 14.9 Å². The van der Waals surface area contributed by atoms with Crippen molar-refractivity contribution >= 4 is 5.97 Å². The van der Waals surface area contributed by atoms with Gasteiger partial charge in [0, 0.05) is 24.9 Å². The fourth-order valence-corrected chi connectivity index (χ4v) is 1.74. The summed E-state index contributed by atoms with van der Waals surface area (Å²) in [6, 6.07) is 0. The SMILES string of the molecule is C=C(/C=C\C(=C)[N+](=O)[O-])N1CC[C@@H](C(=O)OC)C1. The molecule has 1 aliphatic heterocycles. The Balaban J connectivity index is 2.53. The molecular formula is C12H16N2O4. The fraction of sp³-hybridized carbons (Fsp3) is 0.417. The van der Waals surface area contributed by atoms with Crippen LogP contribution in [0.5, 0.6) is 0 Å². The van der Waals surface area contributed by atoms with Gasteiger partial charge in [0.15, 0.2) is 0 Å². The van der Waals surface area contributed by atoms with Crippen LogP contribution in [-0.2, 0) is 9.53 Å². The third kappa shape index (κ3) is 3.44. The van der Waals surface area contributed by atoms with Crippen molar-refractivity contribution in [3.8, 4) is 0 Å². The van der Waals surface area contributed by atoms with E-state index in [2.05, 4.69) is 17.9 Å². The molecular weight excluding hydrogens is 236 g/mol. The lowest BCUT2D eigenvalue weighted by Crippen LogP contribution is -2.22. The standard InChI is InChI=1S/C12H16N2O4/c1-9(4-5-10(2)14(16)17)13-7-6-11(8-13)12(15)18-3/h4-5,11H,1-2,6-8H2,3H3/b5-4-/t11-/m1/s1. The maximum absolute atomic E-state index is 11.3. The number of esters is 1. The number of rotatable bonds is 5. The summed E-state index contributed by atoms with van der Waals surface area (Å²) >= 11 is 0. The van der Waals surface area contributed by atoms with Crippen LogP contribution in [0.1, 0.15) is 6.42 Å². The third-order valence-electron chi connectivity index (χ3n) is 2.83. The van der Waals surface area contributed by atoms with Gasteiger partial charge in [-0.2, -0.15) is 0 Å². The van der Waals surface area contributed by atoms with Crippen LogP contribution in [0.3, 0.4) is 0 Å². The van der Waals surface area contributed by atoms with Crippen molar-refractivity contribution in [2.24, 2.45) is 5.92 Å². The molecule has 0 amide bonds. The zero-order valence-corrected chi connectivity index (χ0v) is 10.3. The van der Waals surface area contributed by atoms with E-state index in [0.29, 0.717) is 25.2 Å². The van der Waals surface area contributed by atoms with E-state index in [-0.39, 0.29) is 17.6 Å². The lowest BCUT2D eigenvalue weighted by Gasteiger charge is -2.17. The largest absolute Gasteiger partial charge is 0.469 e. The highest BCUT2D eigenvalue weighted by Crippen LogP contribution is 2.21. The maximum Gasteiger partial charge on any atom is 0.310 e. The van der Waals surface area contributed by atoms with Crippen molar-refractivity contribution in [2.75, 3.05) is 20.2 Å². The van der Waals surface area contributed by atoms with Crippen LogP contribution < -0.4 is 0 Å². The molecule has 0 saturated carbocycles. The minimum atomic E-state index is -0.564. The van der Waals surface area contributed by atoms with Crippen LogP contribution in [0.2, 0.25) is 0 Å². The van der Waals surface area contributed by atoms with Crippen molar-refractivity contribution in [2.45, 2.75) is 6.42 Å². The number of methoxy groups -OCH3 is 1. The van der Waals surface area contributed by atoms with Gasteiger partial charge in [0.2, 0.25) is 0 Å². The summed E-state index contributed by atoms with van der Waals surface area (Å²) in [6.07, 6.45) is 3.54. The minimum Gasteiger partial charge on any atom is -0.469 e. The number of hydrogen-bond donors (Lipinski definition) is 0. The first-order chi connectivity index (χ1) is 8.45. The van der Waals surface area contributed by atoms with Gasteiger partial charge in [0.1, 0.15) is 0 Å². The molecule has 1 rings (SSSR count). The first kappa shape index (κ1) is 14.0. The van der Waals surface area contributed by atoms with E-state index < -0.39 is 4.92 Å². The number of likely N-dealkylation sites (tertiary alicyclic amines) is 1. The lowest BCUT2D eigenvalue weighted by molar-refractivity contribution is -0.418. The van der Waals surface area contributed by atoms with Crippen LogP contribution >= 0.6 is 0 Å². The molecule has 6 nitrogen and oxygen atoms in total. The summed E-state index contributed by atoms with van der Waals surface area (Å²) < 4.78 is 4.68. The van der Waals surface area contributed by atoms with Crippen molar-refractivity contribution in [3.63, 3.8) is 0 Å². The van der Waals surface area contributed by atoms with Gasteiger partial charge in [-0.3, -0.25) is 14.9 Å². The topological polar surface area (TPSA) is 72.7 Å². The van der Waals surface area contributed by atoms with Crippen molar-refractivity contribution in [1.29, 1.82) is 0 Å². The van der Waals surface area contributed by atoms with E-state index in [1.165, 1.54) is 19.3 Å². The molecule has 1 atom stereocenters. The van der Waals surface area contributed by atoms with Crippen molar-refractivity contribution in [3.05, 3.63) is 46.8 Å². The van der Waals surface area contributed by atoms with Gasteiger partial charge in [0.25, 0.3) is 5.70 Å². The van der Waals surface area contributed by atoms with Gasteiger partial charge in [-0.05, 0) is 19.1 Å². The van der Waals surface area contributed by atoms with Gasteiger partial charge in [0.05, 0.1) is 18.0 Å². The van der Waals surface area contributed by atoms with Gasteiger partial charge >= 0.3 is 5.97 Å². The van der Waals surface area contributed by atoms with Crippen LogP contribution in [0.25, 0.3) is 0 Å². The van der Waals surface area contributed by atoms with Crippen LogP contribution in [0.4, 0.5) is 0 Å². The monoisotopic (exact) mass is 252 g/mol. The molecule has 0 radical (unpaired) electrons. The quantitative estimate of drug-likeness (QED) is 0.319. The second kappa shape index (κ2) is 6.00. The minimum absolute atomic E-state index is 0.154. The fourth-order valence-electron chi connectivity index (χ4n) is 1.74. The molecule has 1 aliphatic rings. The number of carbonyl (C=O) groups is 1. The Bertz CT molecular complexity index is 414. The summed E-state index contributed by atoms with van der Waals surface area (Å²) in [4.78, 5) is 23.0. The van der Waals surface area contributed by atoms with E-state index in [1.807, 2.05) is 4.90 Å². The highest BCUT2D eigenvalue weighted by Gasteiger charge is 2.28. The molecule has 1 saturated heterocycles. The molecule has 98 valence electrons. The maximum atomic E-state index is 11.3. The third-order valence-corrected chi connectivity index (χ3v) is 2.83. The summed E-state index contributed by atoms with van der Waals surface area (Å²) in [5, 5.41) is 10.4. The molecule has 0 aromatic carbocycles. The van der Waals surface area contributed by atoms with E-state index in [0.717, 1.165) is 0 Å². The molecule has 0 spiro atoms. The zero-order chi connectivity index (χ0) is 13.7. The normalized spacial score (nSPS) is 18.9. The van der Waals surface area contributed by atoms with E-state index in [1.54, 1.807) is 0 Å². The Hall–Kier alpha value is -2.11. The average Bonchev–Trinajstić information content (AvgIpc) is 2.83. The second-order valence-electron chi connectivity index (χ2n) is 4.03. The molecule has 1 fully saturated rings. The number of carbonyl (C=O) groups excluding carboxylic acids is 1. The summed E-state index contributed by atoms with van der Waals surface area (Å²) in [5.74, 6) is -0.386. The molecule has 0 aliphatic carbocycles. The van der Waals surface area contributed by atoms with Gasteiger partial charge in [-0.1, -0.05) is 6.58 Å². The predicted octanol–water partition coefficient (Wildman–Crippen LogP) is 1.34. The Morgan fingerprint density at radius 2 is 2.17 bits per heavy atom. The Labute approximate surface area is 105 Å². The van der Waals surface area contributed by atoms with Crippen LogP contribution in [0, 0.1) is 16.0 Å². The Kier molecular flexibility index (Phi) is 4.65. The second-order valence-corrected chi connectivity index (χ2v) is 4.03. The van der Waals surface area contributed by atoms with Gasteiger partial charge < -0.3 is 9.64 Å². The van der Waals surface area contributed by atoms with Crippen LogP contribution in [-0.4, -0.2) is 36.0 Å². The van der Waals surface area contributed by atoms with E-state index in [4.69, 9.17) is 0 Å². The molecule has 0 aromatic heterocycles. The van der Waals surface area contributed by atoms with Crippen LogP contribution in [0.15, 0.2) is 36.7 Å². The number of nitrogens with zero attached hydrogens (tertiary/aromatic N) is 2. The molecule has 0 bridgehead atoms. The summed E-state index contributed by atoms with van der Waals surface area (Å²) in [7, 11) is 1.36. The first-order valence-electron chi connectivity index (χ1n) is 5.48. The highest BCUT2D eigenvalue weighted by molar-refractivity contribution is 5.73. The molecule has 0 N–H and O–H groups in total. The van der Waals surface area contributed by atoms with Gasteiger partial charge in [-0.25, -0.2) is 0 Å². The van der Waals surface area contributed by atoms with Gasteiger partial charge in [-0.15, -0.1) is 0 Å². The predicted molar refractivity (Wildman–Crippen MR) is 66.1 cm³/mol. The number of allylic oxidation sites excluding steroid dienone is 2. The van der Waals surface area contributed by atoms with E-state index >= 15 is 0 Å². The Morgan fingerprint density at radius 1 is 1.50 bits per heavy atom. The molecule has 0 unspecified atom stereocenters. The number of hydrogen-bond acceptors (Lipinski definition) is 5. The number of nitro groups is 1. The zero-order valence-electron chi connectivity index (χ0n) is 10.3. The lowest BCUT2D eigenvalue weighted by atomic mass is 10.1. The highest BCUT2D eigenvalue weighted by atomic mass is 16.6. The van der Waals surface area contributed by atoms with Crippen molar-refractivity contribution < 1.29 is 14.5 Å². The van der Waals surface area contributed by atoms with Crippen molar-refractivity contribution in [1.82, 2.24) is 4.90 Å². The molecule has 1 heterocycles. The smallest absolute Gasteiger partial charge is 0.310 e. The number of ether oxygens (including phenoxy) is 1. The molecule has 6 heteroatoms. The molecule has 18 heavy (non-hydrogen) atoms. The Morgan fingerprint density at radius 3 is 2.72 bits per heavy atom. The molecule has 0 aromatic rings. The average molecular weight is 252 g/mol.